The van der Waals surface area contributed by atoms with Crippen LogP contribution < -0.4 is 15.1 Å². The smallest absolute Gasteiger partial charge is 0.261 e. The van der Waals surface area contributed by atoms with Gasteiger partial charge in [-0.3, -0.25) is 0 Å². The van der Waals surface area contributed by atoms with Crippen molar-refractivity contribution in [2.24, 2.45) is 0 Å². The normalized spacial score (nSPS) is 11.9. The van der Waals surface area contributed by atoms with E-state index in [1.807, 2.05) is 18.2 Å². The van der Waals surface area contributed by atoms with E-state index < -0.39 is 8.32 Å². The van der Waals surface area contributed by atoms with Gasteiger partial charge in [0.2, 0.25) is 0 Å². The Morgan fingerprint density at radius 1 is 0.667 bits per heavy atom. The molecule has 7 rings (SSSR count). The molecule has 0 aliphatic heterocycles. The molecule has 4 nitrogen and oxygen atoms in total. The first-order chi connectivity index (χ1) is 26.3. The van der Waals surface area contributed by atoms with Crippen molar-refractivity contribution in [3.8, 4) is 11.8 Å². The van der Waals surface area contributed by atoms with E-state index in [0.29, 0.717) is 36.6 Å². The quantitative estimate of drug-likeness (QED) is 0.110. The molecule has 0 N–H and O–H groups in total. The van der Waals surface area contributed by atoms with Crippen LogP contribution in [0.3, 0.4) is 0 Å². The highest BCUT2D eigenvalue weighted by atomic mass is 35.5. The van der Waals surface area contributed by atoms with Crippen LogP contribution in [0, 0.1) is 11.3 Å². The zero-order chi connectivity index (χ0) is 37.5. The summed E-state index contributed by atoms with van der Waals surface area (Å²) in [6, 6.07) is 58.8. The lowest BCUT2D eigenvalue weighted by Crippen LogP contribution is -2.66. The Bertz CT molecular complexity index is 2250. The fourth-order valence-corrected chi connectivity index (χ4v) is 12.7. The van der Waals surface area contributed by atoms with Crippen molar-refractivity contribution in [1.29, 1.82) is 5.26 Å². The Labute approximate surface area is 325 Å². The number of halogens is 1. The lowest BCUT2D eigenvalue weighted by atomic mass is 9.97. The van der Waals surface area contributed by atoms with Gasteiger partial charge in [-0.15, -0.1) is 0 Å². The fraction of sp³-hybridized carbons (Fsp3) is 0.188. The molecule has 0 aliphatic rings. The second kappa shape index (κ2) is 16.3. The Morgan fingerprint density at radius 3 is 1.72 bits per heavy atom. The lowest BCUT2D eigenvalue weighted by Gasteiger charge is -2.43. The zero-order valence-electron chi connectivity index (χ0n) is 31.1. The highest BCUT2D eigenvalue weighted by Crippen LogP contribution is 2.40. The van der Waals surface area contributed by atoms with Gasteiger partial charge in [0.15, 0.2) is 0 Å². The van der Waals surface area contributed by atoms with Crippen LogP contribution in [0.25, 0.3) is 10.9 Å². The molecule has 0 bridgehead atoms. The van der Waals surface area contributed by atoms with Crippen molar-refractivity contribution in [1.82, 2.24) is 4.57 Å². The molecule has 1 heterocycles. The van der Waals surface area contributed by atoms with Crippen molar-refractivity contribution in [2.75, 3.05) is 13.2 Å². The van der Waals surface area contributed by atoms with Crippen LogP contribution in [0.5, 0.6) is 5.75 Å². The molecule has 0 saturated heterocycles. The molecular weight excluding hydrogens is 700 g/mol. The third kappa shape index (κ3) is 7.51. The van der Waals surface area contributed by atoms with E-state index in [1.165, 1.54) is 32.8 Å². The van der Waals surface area contributed by atoms with Crippen molar-refractivity contribution < 1.29 is 9.16 Å². The van der Waals surface area contributed by atoms with E-state index in [4.69, 9.17) is 20.8 Å². The highest BCUT2D eigenvalue weighted by Gasteiger charge is 2.50. The number of hydrogen-bond acceptors (Lipinski definition) is 3. The molecule has 6 heteroatoms. The maximum atomic E-state index is 9.30. The molecule has 7 aromatic rings. The second-order valence-corrected chi connectivity index (χ2v) is 19.4. The molecule has 54 heavy (non-hydrogen) atoms. The number of fused-ring (bicyclic) bond motifs is 1. The summed E-state index contributed by atoms with van der Waals surface area (Å²) in [6.45, 7) is 7.96. The highest BCUT2D eigenvalue weighted by molar-refractivity contribution is 6.99. The van der Waals surface area contributed by atoms with Crippen LogP contribution in [-0.2, 0) is 17.3 Å². The average molecular weight is 745 g/mol. The van der Waals surface area contributed by atoms with E-state index in [2.05, 4.69) is 165 Å². The number of hydrogen-bond donors (Lipinski definition) is 0. The third-order valence-electron chi connectivity index (χ3n) is 10.3. The van der Waals surface area contributed by atoms with Gasteiger partial charge in [0, 0.05) is 41.1 Å². The molecule has 0 spiro atoms. The summed E-state index contributed by atoms with van der Waals surface area (Å²) in [4.78, 5) is 0. The van der Waals surface area contributed by atoms with Gasteiger partial charge in [0.25, 0.3) is 8.32 Å². The van der Waals surface area contributed by atoms with Crippen molar-refractivity contribution in [3.05, 3.63) is 197 Å². The summed E-state index contributed by atoms with van der Waals surface area (Å²) in [7, 11) is -2.80. The summed E-state index contributed by atoms with van der Waals surface area (Å²) < 4.78 is 16.4. The molecule has 6 aromatic carbocycles. The van der Waals surface area contributed by atoms with Gasteiger partial charge < -0.3 is 13.7 Å². The topological polar surface area (TPSA) is 47.2 Å². The molecule has 0 fully saturated rings. The first kappa shape index (κ1) is 37.0. The van der Waals surface area contributed by atoms with Crippen LogP contribution >= 0.6 is 11.6 Å². The third-order valence-corrected chi connectivity index (χ3v) is 15.6. The first-order valence-electron chi connectivity index (χ1n) is 18.6. The van der Waals surface area contributed by atoms with Gasteiger partial charge >= 0.3 is 0 Å². The second-order valence-electron chi connectivity index (χ2n) is 14.7. The molecule has 0 saturated carbocycles. The van der Waals surface area contributed by atoms with E-state index >= 15 is 0 Å². The SMILES string of the molecule is CC(C)(C)[Si](OCCc1c(CCOc2ccc(C#N)cc2)c2cc(Cl)ccc2n1C(c1ccccc1)c1ccccc1)(c1ccccc1)c1ccccc1. The van der Waals surface area contributed by atoms with Gasteiger partial charge in [0.05, 0.1) is 24.3 Å². The van der Waals surface area contributed by atoms with Crippen molar-refractivity contribution in [3.63, 3.8) is 0 Å². The Morgan fingerprint density at radius 2 is 1.20 bits per heavy atom. The largest absolute Gasteiger partial charge is 0.493 e. The summed E-state index contributed by atoms with van der Waals surface area (Å²) in [5, 5.41) is 13.5. The zero-order valence-corrected chi connectivity index (χ0v) is 32.8. The summed E-state index contributed by atoms with van der Waals surface area (Å²) in [5.41, 5.74) is 6.52. The first-order valence-corrected chi connectivity index (χ1v) is 20.9. The van der Waals surface area contributed by atoms with Crippen LogP contribution in [0.1, 0.15) is 54.8 Å². The van der Waals surface area contributed by atoms with Gasteiger partial charge in [0.1, 0.15) is 5.75 Å². The number of nitriles is 1. The average Bonchev–Trinajstić information content (AvgIpc) is 3.49. The summed E-state index contributed by atoms with van der Waals surface area (Å²) in [6.07, 6.45) is 1.34. The standard InChI is InChI=1S/C48H45ClN2O2Si/c1-48(2,3)54(41-20-12-6-13-21-41,42-22-14-7-15-23-42)53-33-31-46-43(30-32-52-40-27-24-36(35-50)25-28-40)44-34-39(49)26-29-45(44)51(46)47(37-16-8-4-9-17-37)38-18-10-5-11-19-38/h4-29,34,47H,30-33H2,1-3H3. The van der Waals surface area contributed by atoms with Crippen molar-refractivity contribution >= 4 is 41.2 Å². The number of benzene rings is 6. The maximum absolute atomic E-state index is 9.30. The van der Waals surface area contributed by atoms with Gasteiger partial charge in [-0.2, -0.15) is 5.26 Å². The number of aromatic nitrogens is 1. The van der Waals surface area contributed by atoms with Gasteiger partial charge in [-0.1, -0.05) is 154 Å². The van der Waals surface area contributed by atoms with Crippen LogP contribution in [0.15, 0.2) is 164 Å². The molecular formula is C48H45ClN2O2Si. The molecule has 1 aromatic heterocycles. The number of rotatable bonds is 13. The molecule has 0 radical (unpaired) electrons. The molecule has 0 amide bonds. The summed E-state index contributed by atoms with van der Waals surface area (Å²) >= 11 is 6.79. The number of ether oxygens (including phenoxy) is 1. The minimum Gasteiger partial charge on any atom is -0.493 e. The lowest BCUT2D eigenvalue weighted by molar-refractivity contribution is 0.297. The van der Waals surface area contributed by atoms with Crippen LogP contribution in [-0.4, -0.2) is 26.1 Å². The predicted octanol–water partition coefficient (Wildman–Crippen LogP) is 10.5. The molecule has 270 valence electrons. The van der Waals surface area contributed by atoms with Crippen molar-refractivity contribution in [2.45, 2.75) is 44.7 Å². The minimum absolute atomic E-state index is 0.0906. The maximum Gasteiger partial charge on any atom is 0.261 e. The van der Waals surface area contributed by atoms with E-state index in [0.717, 1.165) is 16.7 Å². The Kier molecular flexibility index (Phi) is 11.2. The van der Waals surface area contributed by atoms with Gasteiger partial charge in [-0.25, -0.2) is 0 Å². The minimum atomic E-state index is -2.80. The fourth-order valence-electron chi connectivity index (χ4n) is 7.97. The molecule has 0 aliphatic carbocycles. The Hall–Kier alpha value is -5.38. The van der Waals surface area contributed by atoms with E-state index in [-0.39, 0.29) is 11.1 Å². The monoisotopic (exact) mass is 744 g/mol. The molecule has 0 atom stereocenters. The summed E-state index contributed by atoms with van der Waals surface area (Å²) in [5.74, 6) is 0.735. The van der Waals surface area contributed by atoms with E-state index in [9.17, 15) is 5.26 Å². The van der Waals surface area contributed by atoms with Gasteiger partial charge in [-0.05, 0) is 74.6 Å². The van der Waals surface area contributed by atoms with Crippen LogP contribution in [0.4, 0.5) is 0 Å². The molecule has 0 unspecified atom stereocenters. The van der Waals surface area contributed by atoms with Crippen LogP contribution in [0.2, 0.25) is 10.1 Å². The van der Waals surface area contributed by atoms with E-state index in [1.54, 1.807) is 12.1 Å². The number of nitrogens with zero attached hydrogens (tertiary/aromatic N) is 2. The Balaban J connectivity index is 1.37. The predicted molar refractivity (Wildman–Crippen MR) is 225 cm³/mol.